The van der Waals surface area contributed by atoms with E-state index in [-0.39, 0.29) is 0 Å². The van der Waals surface area contributed by atoms with Gasteiger partial charge in [0.15, 0.2) is 0 Å². The normalized spacial score (nSPS) is 14.7. The summed E-state index contributed by atoms with van der Waals surface area (Å²) in [6, 6.07) is 5.40. The molecule has 9 nitrogen and oxygen atoms in total. The van der Waals surface area contributed by atoms with E-state index in [1.807, 2.05) is 13.0 Å². The van der Waals surface area contributed by atoms with E-state index in [1.54, 1.807) is 11.3 Å². The van der Waals surface area contributed by atoms with Crippen LogP contribution in [-0.4, -0.2) is 83.0 Å². The number of alkyl halides is 1. The van der Waals surface area contributed by atoms with Crippen LogP contribution in [0, 0.1) is 6.92 Å². The van der Waals surface area contributed by atoms with Crippen molar-refractivity contribution in [2.45, 2.75) is 57.6 Å². The van der Waals surface area contributed by atoms with Crippen molar-refractivity contribution in [3.8, 4) is 0 Å². The van der Waals surface area contributed by atoms with Crippen molar-refractivity contribution >= 4 is 39.2 Å². The number of anilines is 2. The van der Waals surface area contributed by atoms with Crippen LogP contribution in [0.2, 0.25) is 0 Å². The van der Waals surface area contributed by atoms with Gasteiger partial charge in [-0.05, 0) is 69.7 Å². The largest absolute Gasteiger partial charge is 0.480 e. The number of nitrogens with zero attached hydrogens (tertiary/aromatic N) is 4. The number of carboxylic acids is 1. The molecule has 3 aromatic heterocycles. The summed E-state index contributed by atoms with van der Waals surface area (Å²) in [7, 11) is 1.50. The lowest BCUT2D eigenvalue weighted by molar-refractivity contribution is -0.138. The smallest absolute Gasteiger partial charge is 0.326 e. The van der Waals surface area contributed by atoms with Crippen LogP contribution in [0.25, 0.3) is 10.2 Å². The number of halogens is 1. The Morgan fingerprint density at radius 1 is 1.32 bits per heavy atom. The third-order valence-corrected chi connectivity index (χ3v) is 7.83. The number of hydrogen-bond acceptors (Lipinski definition) is 9. The van der Waals surface area contributed by atoms with Gasteiger partial charge in [-0.15, -0.1) is 11.3 Å². The first kappa shape index (κ1) is 28.1. The summed E-state index contributed by atoms with van der Waals surface area (Å²) in [5.41, 5.74) is 2.35. The molecule has 0 fully saturated rings. The van der Waals surface area contributed by atoms with Crippen molar-refractivity contribution in [2.75, 3.05) is 50.6 Å². The van der Waals surface area contributed by atoms with Gasteiger partial charge in [0, 0.05) is 37.3 Å². The van der Waals surface area contributed by atoms with Crippen molar-refractivity contribution in [3.05, 3.63) is 40.7 Å². The summed E-state index contributed by atoms with van der Waals surface area (Å²) >= 11 is 1.54. The monoisotopic (exact) mass is 544 g/mol. The van der Waals surface area contributed by atoms with Gasteiger partial charge in [-0.25, -0.2) is 24.1 Å². The molecule has 1 aliphatic rings. The second kappa shape index (κ2) is 13.8. The lowest BCUT2D eigenvalue weighted by Gasteiger charge is -2.27. The van der Waals surface area contributed by atoms with Crippen molar-refractivity contribution in [1.29, 1.82) is 0 Å². The number of aromatic nitrogens is 3. The number of unbranched alkanes of at least 4 members (excludes halogenated alkanes) is 1. The number of carboxylic acid groups (broad SMARTS) is 1. The van der Waals surface area contributed by atoms with Crippen molar-refractivity contribution < 1.29 is 19.0 Å². The van der Waals surface area contributed by atoms with Crippen LogP contribution >= 0.6 is 11.3 Å². The van der Waals surface area contributed by atoms with E-state index in [9.17, 15) is 14.3 Å². The first-order chi connectivity index (χ1) is 18.5. The molecule has 1 aliphatic heterocycles. The number of methoxy groups -OCH3 is 1. The van der Waals surface area contributed by atoms with Crippen molar-refractivity contribution in [2.24, 2.45) is 0 Å². The topological polar surface area (TPSA) is 113 Å². The minimum absolute atomic E-state index is 0.338. The molecule has 0 saturated carbocycles. The molecule has 3 N–H and O–H groups in total. The highest BCUT2D eigenvalue weighted by atomic mass is 32.1. The number of aliphatic carboxylic acids is 1. The average molecular weight is 545 g/mol. The number of carbonyl (C=O) groups is 1. The summed E-state index contributed by atoms with van der Waals surface area (Å²) in [5, 5.41) is 17.2. The summed E-state index contributed by atoms with van der Waals surface area (Å²) in [5.74, 6) is 0.570. The summed E-state index contributed by atoms with van der Waals surface area (Å²) in [4.78, 5) is 29.4. The molecule has 206 valence electrons. The SMILES string of the molecule is CO[C@H](CF)CN(CCCCc1ccc2c(n1)NCCC2)CC[C@H](Nc1ncnc2sc(C)cc12)C(=O)O. The maximum Gasteiger partial charge on any atom is 0.326 e. The molecule has 0 saturated heterocycles. The molecule has 0 amide bonds. The average Bonchev–Trinajstić information content (AvgIpc) is 3.32. The van der Waals surface area contributed by atoms with Crippen molar-refractivity contribution in [1.82, 2.24) is 19.9 Å². The standard InChI is InChI=1S/C27H37FN6O3S/c1-18-14-22-25(30-17-31-26(22)38-18)33-23(27(35)36)10-13-34(16-21(15-28)37-2)12-4-3-7-20-9-8-19-6-5-11-29-24(19)32-20/h8-9,14,17,21,23H,3-7,10-13,15-16H2,1-2H3,(H,29,32)(H,35,36)(H,30,31,33)/t21-,23+/m1/s1. The fourth-order valence-corrected chi connectivity index (χ4v) is 5.59. The van der Waals surface area contributed by atoms with Gasteiger partial charge in [0.05, 0.1) is 11.5 Å². The van der Waals surface area contributed by atoms with Gasteiger partial charge in [-0.3, -0.25) is 0 Å². The lowest BCUT2D eigenvalue weighted by atomic mass is 10.1. The van der Waals surface area contributed by atoms with E-state index in [4.69, 9.17) is 9.72 Å². The second-order valence-corrected chi connectivity index (χ2v) is 11.0. The van der Waals surface area contributed by atoms with Gasteiger partial charge in [0.2, 0.25) is 0 Å². The molecule has 0 bridgehead atoms. The highest BCUT2D eigenvalue weighted by Crippen LogP contribution is 2.28. The number of pyridine rings is 1. The Balaban J connectivity index is 1.33. The molecule has 11 heteroatoms. The van der Waals surface area contributed by atoms with Crippen LogP contribution in [0.5, 0.6) is 0 Å². The first-order valence-electron chi connectivity index (χ1n) is 13.2. The molecule has 0 aromatic carbocycles. The Hall–Kier alpha value is -2.89. The molecular weight excluding hydrogens is 507 g/mol. The Bertz CT molecular complexity index is 1200. The predicted molar refractivity (Wildman–Crippen MR) is 149 cm³/mol. The van der Waals surface area contributed by atoms with E-state index in [1.165, 1.54) is 19.0 Å². The molecule has 2 atom stereocenters. The predicted octanol–water partition coefficient (Wildman–Crippen LogP) is 4.32. The molecule has 0 spiro atoms. The van der Waals surface area contributed by atoms with Crippen LogP contribution in [0.15, 0.2) is 24.5 Å². The third kappa shape index (κ3) is 7.58. The van der Waals surface area contributed by atoms with Crippen LogP contribution in [-0.2, 0) is 22.4 Å². The number of rotatable bonds is 15. The summed E-state index contributed by atoms with van der Waals surface area (Å²) in [6.07, 6.45) is 6.14. The van der Waals surface area contributed by atoms with E-state index in [2.05, 4.69) is 37.6 Å². The number of fused-ring (bicyclic) bond motifs is 2. The third-order valence-electron chi connectivity index (χ3n) is 6.87. The van der Waals surface area contributed by atoms with Gasteiger partial charge < -0.3 is 25.4 Å². The van der Waals surface area contributed by atoms with Gasteiger partial charge in [0.25, 0.3) is 0 Å². The fraction of sp³-hybridized carbons (Fsp3) is 0.556. The van der Waals surface area contributed by atoms with E-state index in [0.29, 0.717) is 25.3 Å². The number of hydrogen-bond donors (Lipinski definition) is 3. The highest BCUT2D eigenvalue weighted by molar-refractivity contribution is 7.18. The number of thiophene rings is 1. The van der Waals surface area contributed by atoms with Gasteiger partial charge in [-0.1, -0.05) is 6.07 Å². The zero-order chi connectivity index (χ0) is 26.9. The minimum atomic E-state index is -0.954. The minimum Gasteiger partial charge on any atom is -0.480 e. The molecule has 4 heterocycles. The van der Waals surface area contributed by atoms with Crippen LogP contribution in [0.1, 0.15) is 41.8 Å². The Morgan fingerprint density at radius 3 is 2.97 bits per heavy atom. The van der Waals surface area contributed by atoms with E-state index < -0.39 is 24.8 Å². The Kier molecular flexibility index (Phi) is 10.2. The maximum atomic E-state index is 13.4. The quantitative estimate of drug-likeness (QED) is 0.241. The number of ether oxygens (including phenoxy) is 1. The van der Waals surface area contributed by atoms with Gasteiger partial charge >= 0.3 is 5.97 Å². The fourth-order valence-electron chi connectivity index (χ4n) is 4.74. The van der Waals surface area contributed by atoms with Crippen molar-refractivity contribution in [3.63, 3.8) is 0 Å². The highest BCUT2D eigenvalue weighted by Gasteiger charge is 2.22. The van der Waals surface area contributed by atoms with Gasteiger partial charge in [-0.2, -0.15) is 0 Å². The molecule has 3 aromatic rings. The molecule has 0 aliphatic carbocycles. The molecule has 0 radical (unpaired) electrons. The zero-order valence-corrected chi connectivity index (χ0v) is 22.9. The maximum absolute atomic E-state index is 13.4. The molecule has 4 rings (SSSR count). The van der Waals surface area contributed by atoms with E-state index in [0.717, 1.165) is 71.8 Å². The first-order valence-corrected chi connectivity index (χ1v) is 14.0. The number of aryl methyl sites for hydroxylation is 3. The second-order valence-electron chi connectivity index (χ2n) is 9.73. The molecule has 0 unspecified atom stereocenters. The molecule has 38 heavy (non-hydrogen) atoms. The summed E-state index contributed by atoms with van der Waals surface area (Å²) in [6.45, 7) is 3.98. The Morgan fingerprint density at radius 2 is 2.18 bits per heavy atom. The van der Waals surface area contributed by atoms with E-state index >= 15 is 0 Å². The van der Waals surface area contributed by atoms with Crippen LogP contribution < -0.4 is 10.6 Å². The zero-order valence-electron chi connectivity index (χ0n) is 22.1. The van der Waals surface area contributed by atoms with Crippen LogP contribution in [0.4, 0.5) is 16.0 Å². The van der Waals surface area contributed by atoms with Gasteiger partial charge in [0.1, 0.15) is 35.5 Å². The summed E-state index contributed by atoms with van der Waals surface area (Å²) < 4.78 is 18.7. The number of nitrogens with one attached hydrogen (secondary N) is 2. The molecular formula is C27H37FN6O3S. The van der Waals surface area contributed by atoms with Crippen LogP contribution in [0.3, 0.4) is 0 Å². The lowest BCUT2D eigenvalue weighted by Crippen LogP contribution is -2.39. The Labute approximate surface area is 226 Å².